The number of fused-ring (bicyclic) bond motifs is 1. The van der Waals surface area contributed by atoms with Crippen LogP contribution in [0.5, 0.6) is 0 Å². The quantitative estimate of drug-likeness (QED) is 0.781. The molecule has 1 aromatic rings. The summed E-state index contributed by atoms with van der Waals surface area (Å²) in [6.45, 7) is 2.65. The Morgan fingerprint density at radius 3 is 3.00 bits per heavy atom. The second kappa shape index (κ2) is 4.57. The molecule has 2 rings (SSSR count). The molecule has 6 nitrogen and oxygen atoms in total. The van der Waals surface area contributed by atoms with Crippen LogP contribution in [0.4, 0.5) is 0 Å². The van der Waals surface area contributed by atoms with Gasteiger partial charge in [-0.05, 0) is 6.07 Å². The monoisotopic (exact) mass is 236 g/mol. The zero-order valence-corrected chi connectivity index (χ0v) is 10.0. The minimum Gasteiger partial charge on any atom is -0.359 e. The van der Waals surface area contributed by atoms with Crippen molar-refractivity contribution < 1.29 is 9.59 Å². The number of nitrogens with zero attached hydrogens (tertiary/aromatic N) is 3. The highest BCUT2D eigenvalue weighted by Crippen LogP contribution is 2.22. The van der Waals surface area contributed by atoms with Crippen LogP contribution in [0.25, 0.3) is 0 Å². The number of hydrogen-bond acceptors (Lipinski definition) is 3. The molecule has 0 fully saturated rings. The Kier molecular flexibility index (Phi) is 3.12. The molecule has 0 aromatic carbocycles. The lowest BCUT2D eigenvalue weighted by Crippen LogP contribution is -2.41. The van der Waals surface area contributed by atoms with Gasteiger partial charge in [-0.15, -0.1) is 0 Å². The van der Waals surface area contributed by atoms with Gasteiger partial charge in [-0.1, -0.05) is 0 Å². The van der Waals surface area contributed by atoms with Crippen molar-refractivity contribution in [2.24, 2.45) is 0 Å². The fourth-order valence-corrected chi connectivity index (χ4v) is 2.09. The second-order valence-corrected chi connectivity index (χ2v) is 4.20. The van der Waals surface area contributed by atoms with E-state index in [1.54, 1.807) is 25.1 Å². The standard InChI is InChI=1S/C11H16N4O2/c1-8(16)14-6-9-3-4-13-15(9)10(7-14)5-11(17)12-2/h3-4,10H,5-7H2,1-2H3,(H,12,17)/t10-/m0/s1. The molecule has 1 atom stereocenters. The Balaban J connectivity index is 2.21. The number of carbonyl (C=O) groups is 2. The van der Waals surface area contributed by atoms with Crippen LogP contribution in [0.1, 0.15) is 25.1 Å². The Labute approximate surface area is 99.6 Å². The van der Waals surface area contributed by atoms with Crippen LogP contribution in [0.3, 0.4) is 0 Å². The summed E-state index contributed by atoms with van der Waals surface area (Å²) < 4.78 is 1.84. The first-order valence-electron chi connectivity index (χ1n) is 5.60. The summed E-state index contributed by atoms with van der Waals surface area (Å²) in [4.78, 5) is 24.6. The number of amides is 2. The summed E-state index contributed by atoms with van der Waals surface area (Å²) in [7, 11) is 1.61. The highest BCUT2D eigenvalue weighted by atomic mass is 16.2. The lowest BCUT2D eigenvalue weighted by Gasteiger charge is -2.33. The van der Waals surface area contributed by atoms with E-state index in [2.05, 4.69) is 10.4 Å². The van der Waals surface area contributed by atoms with Crippen LogP contribution in [0.15, 0.2) is 12.3 Å². The molecule has 1 aromatic heterocycles. The van der Waals surface area contributed by atoms with Gasteiger partial charge in [0.2, 0.25) is 11.8 Å². The van der Waals surface area contributed by atoms with Gasteiger partial charge in [0, 0.05) is 26.7 Å². The molecule has 6 heteroatoms. The number of rotatable bonds is 2. The summed E-state index contributed by atoms with van der Waals surface area (Å²) in [6.07, 6.45) is 2.05. The van der Waals surface area contributed by atoms with Crippen LogP contribution in [0, 0.1) is 0 Å². The van der Waals surface area contributed by atoms with Crippen molar-refractivity contribution in [1.82, 2.24) is 20.0 Å². The minimum atomic E-state index is -0.0717. The first-order valence-corrected chi connectivity index (χ1v) is 5.60. The van der Waals surface area contributed by atoms with E-state index in [4.69, 9.17) is 0 Å². The van der Waals surface area contributed by atoms with E-state index in [0.717, 1.165) is 5.69 Å². The Bertz CT molecular complexity index is 440. The largest absolute Gasteiger partial charge is 0.359 e. The maximum absolute atomic E-state index is 11.4. The maximum Gasteiger partial charge on any atom is 0.221 e. The van der Waals surface area contributed by atoms with E-state index in [-0.39, 0.29) is 17.9 Å². The van der Waals surface area contributed by atoms with Crippen molar-refractivity contribution >= 4 is 11.8 Å². The summed E-state index contributed by atoms with van der Waals surface area (Å²) in [5, 5.41) is 6.81. The third kappa shape index (κ3) is 2.30. The molecule has 2 amide bonds. The van der Waals surface area contributed by atoms with E-state index in [1.165, 1.54) is 0 Å². The molecule has 1 N–H and O–H groups in total. The van der Waals surface area contributed by atoms with Crippen molar-refractivity contribution in [2.45, 2.75) is 25.9 Å². The first-order chi connectivity index (χ1) is 8.11. The van der Waals surface area contributed by atoms with Crippen LogP contribution in [-0.4, -0.2) is 40.1 Å². The first kappa shape index (κ1) is 11.6. The number of carbonyl (C=O) groups excluding carboxylic acids is 2. The van der Waals surface area contributed by atoms with E-state index in [9.17, 15) is 9.59 Å². The predicted octanol–water partition coefficient (Wildman–Crippen LogP) is -0.0776. The molecule has 92 valence electrons. The molecule has 0 aliphatic carbocycles. The summed E-state index contributed by atoms with van der Waals surface area (Å²) in [5.74, 6) is -0.0128. The molecule has 0 unspecified atom stereocenters. The molecule has 0 saturated carbocycles. The van der Waals surface area contributed by atoms with Gasteiger partial charge in [-0.3, -0.25) is 14.3 Å². The SMILES string of the molecule is CNC(=O)C[C@H]1CN(C(C)=O)Cc2ccnn21. The average molecular weight is 236 g/mol. The van der Waals surface area contributed by atoms with Gasteiger partial charge >= 0.3 is 0 Å². The second-order valence-electron chi connectivity index (χ2n) is 4.20. The molecular weight excluding hydrogens is 220 g/mol. The molecule has 0 spiro atoms. The van der Waals surface area contributed by atoms with E-state index >= 15 is 0 Å². The summed E-state index contributed by atoms with van der Waals surface area (Å²) >= 11 is 0. The van der Waals surface area contributed by atoms with Gasteiger partial charge in [0.15, 0.2) is 0 Å². The zero-order chi connectivity index (χ0) is 12.4. The molecule has 1 aliphatic heterocycles. The number of nitrogens with one attached hydrogen (secondary N) is 1. The molecule has 2 heterocycles. The maximum atomic E-state index is 11.4. The van der Waals surface area contributed by atoms with Crippen molar-refractivity contribution in [3.8, 4) is 0 Å². The van der Waals surface area contributed by atoms with Crippen LogP contribution in [-0.2, 0) is 16.1 Å². The molecule has 0 bridgehead atoms. The van der Waals surface area contributed by atoms with E-state index < -0.39 is 0 Å². The van der Waals surface area contributed by atoms with Gasteiger partial charge in [-0.2, -0.15) is 5.10 Å². The highest BCUT2D eigenvalue weighted by molar-refractivity contribution is 5.76. The van der Waals surface area contributed by atoms with Gasteiger partial charge in [-0.25, -0.2) is 0 Å². The Hall–Kier alpha value is -1.85. The fraction of sp³-hybridized carbons (Fsp3) is 0.545. The smallest absolute Gasteiger partial charge is 0.221 e. The molecular formula is C11H16N4O2. The van der Waals surface area contributed by atoms with Crippen LogP contribution < -0.4 is 5.32 Å². The average Bonchev–Trinajstić information content (AvgIpc) is 2.76. The van der Waals surface area contributed by atoms with E-state index in [1.807, 2.05) is 10.7 Å². The van der Waals surface area contributed by atoms with Crippen molar-refractivity contribution in [3.05, 3.63) is 18.0 Å². The lowest BCUT2D eigenvalue weighted by molar-refractivity contribution is -0.132. The van der Waals surface area contributed by atoms with Crippen LogP contribution >= 0.6 is 0 Å². The predicted molar refractivity (Wildman–Crippen MR) is 61.0 cm³/mol. The van der Waals surface area contributed by atoms with Crippen molar-refractivity contribution in [2.75, 3.05) is 13.6 Å². The van der Waals surface area contributed by atoms with Crippen molar-refractivity contribution in [1.29, 1.82) is 0 Å². The molecule has 1 aliphatic rings. The molecule has 17 heavy (non-hydrogen) atoms. The molecule has 0 saturated heterocycles. The van der Waals surface area contributed by atoms with Crippen LogP contribution in [0.2, 0.25) is 0 Å². The minimum absolute atomic E-state index is 0.0272. The summed E-state index contributed by atoms with van der Waals surface area (Å²) in [6, 6.07) is 1.81. The third-order valence-corrected chi connectivity index (χ3v) is 3.03. The summed E-state index contributed by atoms with van der Waals surface area (Å²) in [5.41, 5.74) is 0.973. The zero-order valence-electron chi connectivity index (χ0n) is 10.0. The fourth-order valence-electron chi connectivity index (χ4n) is 2.09. The van der Waals surface area contributed by atoms with Gasteiger partial charge in [0.05, 0.1) is 24.7 Å². The molecule has 0 radical (unpaired) electrons. The highest BCUT2D eigenvalue weighted by Gasteiger charge is 2.28. The normalized spacial score (nSPS) is 18.7. The lowest BCUT2D eigenvalue weighted by atomic mass is 10.1. The third-order valence-electron chi connectivity index (χ3n) is 3.03. The van der Waals surface area contributed by atoms with Crippen molar-refractivity contribution in [3.63, 3.8) is 0 Å². The van der Waals surface area contributed by atoms with Gasteiger partial charge in [0.25, 0.3) is 0 Å². The van der Waals surface area contributed by atoms with Gasteiger partial charge in [0.1, 0.15) is 0 Å². The van der Waals surface area contributed by atoms with Gasteiger partial charge < -0.3 is 10.2 Å². The Morgan fingerprint density at radius 2 is 2.35 bits per heavy atom. The van der Waals surface area contributed by atoms with E-state index in [0.29, 0.717) is 19.5 Å². The topological polar surface area (TPSA) is 67.2 Å². The number of hydrogen-bond donors (Lipinski definition) is 1. The number of aromatic nitrogens is 2. The Morgan fingerprint density at radius 1 is 1.59 bits per heavy atom.